The van der Waals surface area contributed by atoms with E-state index in [-0.39, 0.29) is 24.5 Å². The van der Waals surface area contributed by atoms with E-state index in [1.807, 2.05) is 0 Å². The normalized spacial score (nSPS) is 15.8. The van der Waals surface area contributed by atoms with Crippen molar-refractivity contribution in [3.8, 4) is 22.9 Å². The lowest BCUT2D eigenvalue weighted by atomic mass is 10.0. The molecule has 10 heteroatoms. The van der Waals surface area contributed by atoms with Crippen molar-refractivity contribution in [3.63, 3.8) is 0 Å². The molecule has 0 aliphatic carbocycles. The molecule has 0 saturated heterocycles. The molecule has 0 bridgehead atoms. The Morgan fingerprint density at radius 3 is 2.35 bits per heavy atom. The first-order valence-corrected chi connectivity index (χ1v) is 9.51. The summed E-state index contributed by atoms with van der Waals surface area (Å²) in [5.74, 6) is 0.366. The number of aromatic nitrogens is 2. The van der Waals surface area contributed by atoms with Crippen molar-refractivity contribution in [2.24, 2.45) is 0 Å². The fourth-order valence-electron chi connectivity index (χ4n) is 3.41. The zero-order valence-corrected chi connectivity index (χ0v) is 16.4. The standard InChI is InChI=1S/C21H18F3N3O4/c1-13-19(27(28)29)25-20-26(13)11-10-18(31-20)12-30-17-8-4-15(5-9-17)14-2-6-16(7-3-14)21(22,23)24/h2-9,18H,10-12H2,1H3. The minimum atomic E-state index is -4.36. The van der Waals surface area contributed by atoms with E-state index in [0.717, 1.165) is 17.7 Å². The highest BCUT2D eigenvalue weighted by Crippen LogP contribution is 2.32. The predicted octanol–water partition coefficient (Wildman–Crippen LogP) is 5.02. The highest BCUT2D eigenvalue weighted by Gasteiger charge is 2.32. The summed E-state index contributed by atoms with van der Waals surface area (Å²) in [6.45, 7) is 2.41. The summed E-state index contributed by atoms with van der Waals surface area (Å²) < 4.78 is 51.2. The maximum atomic E-state index is 12.7. The van der Waals surface area contributed by atoms with Gasteiger partial charge < -0.3 is 19.6 Å². The zero-order valence-electron chi connectivity index (χ0n) is 16.4. The summed E-state index contributed by atoms with van der Waals surface area (Å²) >= 11 is 0. The summed E-state index contributed by atoms with van der Waals surface area (Å²) in [7, 11) is 0. The molecule has 1 aliphatic rings. The molecular weight excluding hydrogens is 415 g/mol. The third-order valence-electron chi connectivity index (χ3n) is 5.12. The van der Waals surface area contributed by atoms with Crippen molar-refractivity contribution < 1.29 is 27.6 Å². The van der Waals surface area contributed by atoms with Crippen LogP contribution in [0.15, 0.2) is 48.5 Å². The van der Waals surface area contributed by atoms with Crippen LogP contribution in [-0.2, 0) is 12.7 Å². The minimum absolute atomic E-state index is 0.210. The molecule has 1 atom stereocenters. The molecule has 0 radical (unpaired) electrons. The molecule has 0 saturated carbocycles. The second kappa shape index (κ2) is 7.93. The number of alkyl halides is 3. The molecule has 3 aromatic rings. The Balaban J connectivity index is 1.37. The van der Waals surface area contributed by atoms with Gasteiger partial charge in [-0.2, -0.15) is 13.2 Å². The molecule has 0 amide bonds. The Labute approximate surface area is 175 Å². The van der Waals surface area contributed by atoms with E-state index < -0.39 is 16.7 Å². The third-order valence-corrected chi connectivity index (χ3v) is 5.12. The maximum Gasteiger partial charge on any atom is 0.416 e. The number of halogens is 3. The predicted molar refractivity (Wildman–Crippen MR) is 105 cm³/mol. The van der Waals surface area contributed by atoms with Gasteiger partial charge in [-0.1, -0.05) is 24.3 Å². The lowest BCUT2D eigenvalue weighted by Crippen LogP contribution is -2.31. The molecule has 7 nitrogen and oxygen atoms in total. The van der Waals surface area contributed by atoms with Crippen LogP contribution in [-0.4, -0.2) is 27.2 Å². The molecule has 0 N–H and O–H groups in total. The van der Waals surface area contributed by atoms with Crippen LogP contribution in [0.5, 0.6) is 11.8 Å². The van der Waals surface area contributed by atoms with Crippen LogP contribution in [0.4, 0.5) is 19.0 Å². The van der Waals surface area contributed by atoms with Gasteiger partial charge in [-0.3, -0.25) is 4.57 Å². The highest BCUT2D eigenvalue weighted by molar-refractivity contribution is 5.64. The first kappa shape index (κ1) is 20.7. The molecule has 0 spiro atoms. The van der Waals surface area contributed by atoms with E-state index in [1.165, 1.54) is 12.1 Å². The van der Waals surface area contributed by atoms with Crippen LogP contribution >= 0.6 is 0 Å². The van der Waals surface area contributed by atoms with E-state index in [1.54, 1.807) is 35.8 Å². The summed E-state index contributed by atoms with van der Waals surface area (Å²) in [6.07, 6.45) is -4.05. The number of nitrogens with zero attached hydrogens (tertiary/aromatic N) is 3. The van der Waals surface area contributed by atoms with Crippen LogP contribution in [0.2, 0.25) is 0 Å². The smallest absolute Gasteiger partial charge is 0.416 e. The van der Waals surface area contributed by atoms with Gasteiger partial charge in [-0.15, -0.1) is 0 Å². The van der Waals surface area contributed by atoms with Gasteiger partial charge in [0.25, 0.3) is 0 Å². The van der Waals surface area contributed by atoms with Crippen LogP contribution in [0, 0.1) is 17.0 Å². The largest absolute Gasteiger partial charge is 0.490 e. The van der Waals surface area contributed by atoms with E-state index in [9.17, 15) is 23.3 Å². The Morgan fingerprint density at radius 2 is 1.77 bits per heavy atom. The van der Waals surface area contributed by atoms with Crippen LogP contribution in [0.1, 0.15) is 17.7 Å². The van der Waals surface area contributed by atoms with Gasteiger partial charge in [0, 0.05) is 17.9 Å². The summed E-state index contributed by atoms with van der Waals surface area (Å²) in [5.41, 5.74) is 1.20. The number of imidazole rings is 1. The summed E-state index contributed by atoms with van der Waals surface area (Å²) in [5, 5.41) is 11.0. The van der Waals surface area contributed by atoms with Crippen LogP contribution in [0.25, 0.3) is 11.1 Å². The fourth-order valence-corrected chi connectivity index (χ4v) is 3.41. The fraction of sp³-hybridized carbons (Fsp3) is 0.286. The molecule has 162 valence electrons. The number of ether oxygens (including phenoxy) is 2. The van der Waals surface area contributed by atoms with Crippen LogP contribution < -0.4 is 9.47 Å². The van der Waals surface area contributed by atoms with Crippen molar-refractivity contribution in [3.05, 3.63) is 69.9 Å². The van der Waals surface area contributed by atoms with Crippen LogP contribution in [0.3, 0.4) is 0 Å². The van der Waals surface area contributed by atoms with Gasteiger partial charge in [0.2, 0.25) is 0 Å². The van der Waals surface area contributed by atoms with E-state index in [2.05, 4.69) is 4.98 Å². The number of nitro groups is 1. The Morgan fingerprint density at radius 1 is 1.16 bits per heavy atom. The second-order valence-electron chi connectivity index (χ2n) is 7.15. The first-order valence-electron chi connectivity index (χ1n) is 9.51. The summed E-state index contributed by atoms with van der Waals surface area (Å²) in [4.78, 5) is 14.4. The average Bonchev–Trinajstić information content (AvgIpc) is 3.08. The number of rotatable bonds is 5. The van der Waals surface area contributed by atoms with Crippen molar-refractivity contribution >= 4 is 5.82 Å². The number of hydrogen-bond acceptors (Lipinski definition) is 5. The molecular formula is C21H18F3N3O4. The van der Waals surface area contributed by atoms with Crippen molar-refractivity contribution in [2.45, 2.75) is 32.2 Å². The highest BCUT2D eigenvalue weighted by atomic mass is 19.4. The minimum Gasteiger partial charge on any atom is -0.490 e. The molecule has 31 heavy (non-hydrogen) atoms. The quantitative estimate of drug-likeness (QED) is 0.417. The van der Waals surface area contributed by atoms with Gasteiger partial charge in [0.05, 0.1) is 5.56 Å². The molecule has 1 aliphatic heterocycles. The van der Waals surface area contributed by atoms with Gasteiger partial charge in [-0.25, -0.2) is 0 Å². The van der Waals surface area contributed by atoms with Crippen molar-refractivity contribution in [2.75, 3.05) is 6.61 Å². The van der Waals surface area contributed by atoms with Gasteiger partial charge in [-0.05, 0) is 47.2 Å². The van der Waals surface area contributed by atoms with E-state index >= 15 is 0 Å². The van der Waals surface area contributed by atoms with Gasteiger partial charge in [0.1, 0.15) is 24.2 Å². The Bertz CT molecular complexity index is 1090. The molecule has 4 rings (SSSR count). The van der Waals surface area contributed by atoms with Gasteiger partial charge in [0.15, 0.2) is 0 Å². The lowest BCUT2D eigenvalue weighted by molar-refractivity contribution is -0.390. The Hall–Kier alpha value is -3.56. The molecule has 0 fully saturated rings. The Kier molecular flexibility index (Phi) is 5.30. The molecule has 1 aromatic heterocycles. The first-order chi connectivity index (χ1) is 14.7. The molecule has 2 aromatic carbocycles. The summed E-state index contributed by atoms with van der Waals surface area (Å²) in [6, 6.07) is 12.2. The second-order valence-corrected chi connectivity index (χ2v) is 7.15. The third kappa shape index (κ3) is 4.32. The number of benzene rings is 2. The van der Waals surface area contributed by atoms with E-state index in [4.69, 9.17) is 9.47 Å². The molecule has 1 unspecified atom stereocenters. The monoisotopic (exact) mass is 433 g/mol. The average molecular weight is 433 g/mol. The van der Waals surface area contributed by atoms with Crippen molar-refractivity contribution in [1.29, 1.82) is 0 Å². The molecule has 2 heterocycles. The van der Waals surface area contributed by atoms with Crippen molar-refractivity contribution in [1.82, 2.24) is 9.55 Å². The SMILES string of the molecule is Cc1c([N+](=O)[O-])nc2n1CCC(COc1ccc(-c3ccc(C(F)(F)F)cc3)cc1)O2. The topological polar surface area (TPSA) is 79.4 Å². The van der Waals surface area contributed by atoms with E-state index in [0.29, 0.717) is 30.0 Å². The lowest BCUT2D eigenvalue weighted by Gasteiger charge is -2.23. The zero-order chi connectivity index (χ0) is 22.2. The maximum absolute atomic E-state index is 12.7. The number of fused-ring (bicyclic) bond motifs is 1. The number of hydrogen-bond donors (Lipinski definition) is 0. The van der Waals surface area contributed by atoms with Gasteiger partial charge >= 0.3 is 18.0 Å².